The molecule has 0 aromatic heterocycles. The van der Waals surface area contributed by atoms with E-state index in [1.54, 1.807) is 0 Å². The fourth-order valence-corrected chi connectivity index (χ4v) is 4.26. The van der Waals surface area contributed by atoms with Crippen LogP contribution >= 0.6 is 11.6 Å². The Hall–Kier alpha value is -2.98. The summed E-state index contributed by atoms with van der Waals surface area (Å²) in [6.45, 7) is 2.90. The summed E-state index contributed by atoms with van der Waals surface area (Å²) in [5.74, 6) is 1.81. The number of fused-ring (bicyclic) bond motifs is 3. The maximum atomic E-state index is 6.43. The van der Waals surface area contributed by atoms with E-state index in [1.807, 2.05) is 48.5 Å². The topological polar surface area (TPSA) is 34.1 Å². The van der Waals surface area contributed by atoms with E-state index in [1.165, 1.54) is 5.56 Å². The molecule has 0 spiro atoms. The van der Waals surface area contributed by atoms with Gasteiger partial charge in [-0.2, -0.15) is 5.10 Å². The van der Waals surface area contributed by atoms with Crippen molar-refractivity contribution in [2.75, 3.05) is 6.61 Å². The van der Waals surface area contributed by atoms with Gasteiger partial charge in [0.05, 0.1) is 18.4 Å². The minimum atomic E-state index is -0.283. The third-order valence-electron chi connectivity index (χ3n) is 5.81. The first-order valence-corrected chi connectivity index (χ1v) is 11.2. The first-order chi connectivity index (χ1) is 15.2. The van der Waals surface area contributed by atoms with Gasteiger partial charge < -0.3 is 9.47 Å². The van der Waals surface area contributed by atoms with E-state index in [4.69, 9.17) is 26.2 Å². The van der Waals surface area contributed by atoms with Gasteiger partial charge in [-0.3, -0.25) is 0 Å². The molecular formula is C26H25ClN2O2. The molecule has 0 aliphatic carbocycles. The Morgan fingerprint density at radius 2 is 1.81 bits per heavy atom. The summed E-state index contributed by atoms with van der Waals surface area (Å²) in [7, 11) is 0. The lowest BCUT2D eigenvalue weighted by Gasteiger charge is -2.38. The molecular weight excluding hydrogens is 408 g/mol. The fraction of sp³-hybridized carbons (Fsp3) is 0.269. The number of hydrazone groups is 1. The lowest BCUT2D eigenvalue weighted by molar-refractivity contribution is -0.0190. The number of halogens is 1. The van der Waals surface area contributed by atoms with Crippen molar-refractivity contribution >= 4 is 17.3 Å². The van der Waals surface area contributed by atoms with Gasteiger partial charge in [0.15, 0.2) is 0 Å². The number of ether oxygens (including phenoxy) is 2. The zero-order valence-electron chi connectivity index (χ0n) is 17.5. The van der Waals surface area contributed by atoms with Gasteiger partial charge in [-0.15, -0.1) is 0 Å². The van der Waals surface area contributed by atoms with Crippen LogP contribution in [0.5, 0.6) is 11.5 Å². The van der Waals surface area contributed by atoms with Gasteiger partial charge >= 0.3 is 0 Å². The smallest absolute Gasteiger partial charge is 0.213 e. The molecule has 0 N–H and O–H groups in total. The van der Waals surface area contributed by atoms with Crippen LogP contribution in [0.2, 0.25) is 5.02 Å². The standard InChI is InChI=1S/C26H25ClN2O2/c1-2-3-16-30-21-14-10-19(11-15-21)26-29-24(22-6-4-5-7-25(22)31-26)17-23(28-29)18-8-12-20(27)13-9-18/h4-15,24,26H,2-3,16-17H2,1H3. The van der Waals surface area contributed by atoms with Gasteiger partial charge in [-0.25, -0.2) is 5.01 Å². The van der Waals surface area contributed by atoms with Crippen molar-refractivity contribution in [2.45, 2.75) is 38.5 Å². The molecule has 0 saturated carbocycles. The van der Waals surface area contributed by atoms with Crippen LogP contribution in [0.4, 0.5) is 0 Å². The van der Waals surface area contributed by atoms with E-state index in [0.717, 1.165) is 59.2 Å². The zero-order valence-corrected chi connectivity index (χ0v) is 18.3. The SMILES string of the molecule is CCCCOc1ccc(C2Oc3ccccc3C3CC(c4ccc(Cl)cc4)=NN32)cc1. The Morgan fingerprint density at radius 1 is 1.03 bits per heavy atom. The average molecular weight is 433 g/mol. The molecule has 0 saturated heterocycles. The molecule has 3 aromatic carbocycles. The van der Waals surface area contributed by atoms with Crippen LogP contribution in [-0.4, -0.2) is 17.3 Å². The highest BCUT2D eigenvalue weighted by atomic mass is 35.5. The predicted molar refractivity (Wildman–Crippen MR) is 124 cm³/mol. The molecule has 2 unspecified atom stereocenters. The molecule has 0 amide bonds. The van der Waals surface area contributed by atoms with Crippen molar-refractivity contribution < 1.29 is 9.47 Å². The molecule has 4 nitrogen and oxygen atoms in total. The second-order valence-corrected chi connectivity index (χ2v) is 8.37. The van der Waals surface area contributed by atoms with Gasteiger partial charge in [0.25, 0.3) is 0 Å². The van der Waals surface area contributed by atoms with E-state index >= 15 is 0 Å². The highest BCUT2D eigenvalue weighted by molar-refractivity contribution is 6.30. The minimum Gasteiger partial charge on any atom is -0.494 e. The normalized spacial score (nSPS) is 19.3. The van der Waals surface area contributed by atoms with Crippen LogP contribution in [0.15, 0.2) is 77.9 Å². The highest BCUT2D eigenvalue weighted by Gasteiger charge is 2.40. The third kappa shape index (κ3) is 4.00. The second-order valence-electron chi connectivity index (χ2n) is 7.93. The Kier molecular flexibility index (Phi) is 5.56. The number of unbranched alkanes of at least 4 members (excludes halogenated alkanes) is 1. The number of benzene rings is 3. The van der Waals surface area contributed by atoms with Gasteiger partial charge in [-0.1, -0.05) is 55.3 Å². The lowest BCUT2D eigenvalue weighted by Crippen LogP contribution is -2.33. The molecule has 5 rings (SSSR count). The van der Waals surface area contributed by atoms with E-state index in [0.29, 0.717) is 0 Å². The van der Waals surface area contributed by atoms with Crippen molar-refractivity contribution in [1.82, 2.24) is 5.01 Å². The Labute approximate surface area is 188 Å². The third-order valence-corrected chi connectivity index (χ3v) is 6.06. The van der Waals surface area contributed by atoms with Crippen LogP contribution in [0.3, 0.4) is 0 Å². The number of nitrogens with zero attached hydrogens (tertiary/aromatic N) is 2. The maximum absolute atomic E-state index is 6.43. The van der Waals surface area contributed by atoms with Crippen LogP contribution in [-0.2, 0) is 0 Å². The van der Waals surface area contributed by atoms with Crippen molar-refractivity contribution in [3.63, 3.8) is 0 Å². The molecule has 31 heavy (non-hydrogen) atoms. The lowest BCUT2D eigenvalue weighted by atomic mass is 9.96. The molecule has 158 valence electrons. The monoisotopic (exact) mass is 432 g/mol. The van der Waals surface area contributed by atoms with E-state index < -0.39 is 0 Å². The van der Waals surface area contributed by atoms with Gasteiger partial charge in [0.2, 0.25) is 6.23 Å². The average Bonchev–Trinajstić information content (AvgIpc) is 3.25. The molecule has 2 aliphatic heterocycles. The zero-order chi connectivity index (χ0) is 21.2. The molecule has 5 heteroatoms. The highest BCUT2D eigenvalue weighted by Crippen LogP contribution is 2.47. The second kappa shape index (κ2) is 8.64. The molecule has 2 heterocycles. The quantitative estimate of drug-likeness (QED) is 0.403. The summed E-state index contributed by atoms with van der Waals surface area (Å²) in [4.78, 5) is 0. The number of para-hydroxylation sites is 1. The van der Waals surface area contributed by atoms with Gasteiger partial charge in [-0.05, 0) is 54.4 Å². The van der Waals surface area contributed by atoms with Gasteiger partial charge in [0, 0.05) is 22.6 Å². The van der Waals surface area contributed by atoms with Crippen molar-refractivity contribution in [3.05, 3.63) is 94.5 Å². The summed E-state index contributed by atoms with van der Waals surface area (Å²) >= 11 is 6.08. The van der Waals surface area contributed by atoms with Crippen molar-refractivity contribution in [2.24, 2.45) is 5.10 Å². The number of hydrogen-bond donors (Lipinski definition) is 0. The van der Waals surface area contributed by atoms with Crippen molar-refractivity contribution in [1.29, 1.82) is 0 Å². The van der Waals surface area contributed by atoms with Crippen LogP contribution in [0.25, 0.3) is 0 Å². The predicted octanol–water partition coefficient (Wildman–Crippen LogP) is 6.76. The summed E-state index contributed by atoms with van der Waals surface area (Å²) in [5, 5.41) is 7.83. The first kappa shape index (κ1) is 20.0. The molecule has 2 atom stereocenters. The minimum absolute atomic E-state index is 0.140. The Morgan fingerprint density at radius 3 is 2.58 bits per heavy atom. The summed E-state index contributed by atoms with van der Waals surface area (Å²) in [5.41, 5.74) is 4.37. The van der Waals surface area contributed by atoms with Crippen LogP contribution < -0.4 is 9.47 Å². The molecule has 0 fully saturated rings. The molecule has 2 aliphatic rings. The van der Waals surface area contributed by atoms with E-state index in [-0.39, 0.29) is 12.3 Å². The Balaban J connectivity index is 1.46. The first-order valence-electron chi connectivity index (χ1n) is 10.8. The van der Waals surface area contributed by atoms with Crippen LogP contribution in [0, 0.1) is 0 Å². The molecule has 3 aromatic rings. The van der Waals surface area contributed by atoms with E-state index in [2.05, 4.69) is 36.2 Å². The van der Waals surface area contributed by atoms with Crippen LogP contribution in [0.1, 0.15) is 55.1 Å². The largest absolute Gasteiger partial charge is 0.494 e. The summed E-state index contributed by atoms with van der Waals surface area (Å²) in [6.07, 6.45) is 2.73. The fourth-order valence-electron chi connectivity index (χ4n) is 4.13. The van der Waals surface area contributed by atoms with E-state index in [9.17, 15) is 0 Å². The summed E-state index contributed by atoms with van der Waals surface area (Å²) < 4.78 is 12.3. The van der Waals surface area contributed by atoms with Gasteiger partial charge in [0.1, 0.15) is 11.5 Å². The number of hydrogen-bond acceptors (Lipinski definition) is 4. The van der Waals surface area contributed by atoms with Crippen molar-refractivity contribution in [3.8, 4) is 11.5 Å². The molecule has 0 bridgehead atoms. The molecule has 0 radical (unpaired) electrons. The maximum Gasteiger partial charge on any atom is 0.213 e. The number of rotatable bonds is 6. The summed E-state index contributed by atoms with van der Waals surface area (Å²) in [6, 6.07) is 24.5. The Bertz CT molecular complexity index is 1080.